The lowest BCUT2D eigenvalue weighted by molar-refractivity contribution is -0.113. The summed E-state index contributed by atoms with van der Waals surface area (Å²) in [6.07, 6.45) is 1.94. The van der Waals surface area contributed by atoms with Gasteiger partial charge in [0.25, 0.3) is 5.91 Å². The minimum atomic E-state index is -0.220. The Balaban J connectivity index is 1.40. The van der Waals surface area contributed by atoms with Gasteiger partial charge in [0.15, 0.2) is 5.17 Å². The van der Waals surface area contributed by atoms with Gasteiger partial charge in [-0.2, -0.15) is 4.99 Å². The van der Waals surface area contributed by atoms with Crippen molar-refractivity contribution in [3.05, 3.63) is 56.9 Å². The van der Waals surface area contributed by atoms with E-state index in [4.69, 9.17) is 0 Å². The Morgan fingerprint density at radius 2 is 1.77 bits per heavy atom. The zero-order chi connectivity index (χ0) is 18.1. The Morgan fingerprint density at radius 1 is 1.08 bits per heavy atom. The molecule has 1 saturated heterocycles. The number of hydrogen-bond acceptors (Lipinski definition) is 5. The van der Waals surface area contributed by atoms with Gasteiger partial charge in [0.2, 0.25) is 0 Å². The van der Waals surface area contributed by atoms with Gasteiger partial charge >= 0.3 is 0 Å². The van der Waals surface area contributed by atoms with Crippen LogP contribution in [0.15, 0.2) is 45.6 Å². The highest BCUT2D eigenvalue weighted by Gasteiger charge is 2.28. The molecule has 2 aliphatic rings. The van der Waals surface area contributed by atoms with Crippen molar-refractivity contribution in [2.24, 2.45) is 4.99 Å². The van der Waals surface area contributed by atoms with E-state index in [0.717, 1.165) is 41.9 Å². The van der Waals surface area contributed by atoms with Gasteiger partial charge in [-0.3, -0.25) is 4.79 Å². The lowest BCUT2D eigenvalue weighted by atomic mass is 10.2. The smallest absolute Gasteiger partial charge is 0.286 e. The van der Waals surface area contributed by atoms with Crippen LogP contribution >= 0.6 is 23.1 Å². The van der Waals surface area contributed by atoms with Crippen LogP contribution in [-0.2, 0) is 4.79 Å². The molecule has 0 radical (unpaired) electrons. The van der Waals surface area contributed by atoms with E-state index in [-0.39, 0.29) is 11.7 Å². The third-order valence-corrected chi connectivity index (χ3v) is 6.53. The number of thioether (sulfide) groups is 1. The number of halogens is 1. The summed E-state index contributed by atoms with van der Waals surface area (Å²) in [6, 6.07) is 8.64. The topological polar surface area (TPSA) is 35.9 Å². The summed E-state index contributed by atoms with van der Waals surface area (Å²) < 4.78 is 13.1. The highest BCUT2D eigenvalue weighted by atomic mass is 32.2. The molecule has 0 spiro atoms. The molecule has 26 heavy (non-hydrogen) atoms. The molecule has 0 bridgehead atoms. The summed E-state index contributed by atoms with van der Waals surface area (Å²) in [5.74, 6) is -0.373. The van der Waals surface area contributed by atoms with E-state index in [1.165, 1.54) is 29.5 Å². The summed E-state index contributed by atoms with van der Waals surface area (Å²) >= 11 is 3.09. The highest BCUT2D eigenvalue weighted by molar-refractivity contribution is 8.18. The lowest BCUT2D eigenvalue weighted by Crippen LogP contribution is -2.47. The number of rotatable bonds is 2. The van der Waals surface area contributed by atoms with Crippen molar-refractivity contribution in [3.63, 3.8) is 0 Å². The van der Waals surface area contributed by atoms with E-state index in [0.29, 0.717) is 4.91 Å². The molecule has 1 aromatic carbocycles. The Hall–Kier alpha value is -2.12. The number of piperazine rings is 1. The molecule has 2 aliphatic heterocycles. The number of nitrogens with zero attached hydrogens (tertiary/aromatic N) is 3. The predicted octanol–water partition coefficient (Wildman–Crippen LogP) is 3.99. The van der Waals surface area contributed by atoms with E-state index in [9.17, 15) is 9.18 Å². The third-order valence-electron chi connectivity index (χ3n) is 4.52. The molecule has 0 unspecified atom stereocenters. The minimum Gasteiger partial charge on any atom is -0.368 e. The highest BCUT2D eigenvalue weighted by Crippen LogP contribution is 2.32. The molecule has 4 nitrogen and oxygen atoms in total. The van der Waals surface area contributed by atoms with Crippen LogP contribution < -0.4 is 4.90 Å². The maximum Gasteiger partial charge on any atom is 0.286 e. The van der Waals surface area contributed by atoms with Gasteiger partial charge in [-0.25, -0.2) is 4.39 Å². The molecular formula is C19H18FN3OS2. The number of anilines is 1. The molecule has 1 fully saturated rings. The van der Waals surface area contributed by atoms with Gasteiger partial charge in [0.1, 0.15) is 5.82 Å². The van der Waals surface area contributed by atoms with Gasteiger partial charge in [-0.05, 0) is 66.0 Å². The molecule has 4 rings (SSSR count). The number of hydrogen-bond donors (Lipinski definition) is 0. The van der Waals surface area contributed by atoms with Crippen molar-refractivity contribution >= 4 is 45.9 Å². The fourth-order valence-electron chi connectivity index (χ4n) is 2.99. The van der Waals surface area contributed by atoms with Crippen LogP contribution in [0.3, 0.4) is 0 Å². The largest absolute Gasteiger partial charge is 0.368 e. The van der Waals surface area contributed by atoms with Crippen molar-refractivity contribution < 1.29 is 9.18 Å². The number of amidine groups is 1. The second-order valence-corrected chi connectivity index (χ2v) is 8.19. The summed E-state index contributed by atoms with van der Waals surface area (Å²) in [4.78, 5) is 22.7. The van der Waals surface area contributed by atoms with Crippen molar-refractivity contribution in [1.82, 2.24) is 4.90 Å². The molecule has 0 atom stereocenters. The maximum atomic E-state index is 13.1. The molecule has 0 aliphatic carbocycles. The molecule has 134 valence electrons. The first-order chi connectivity index (χ1) is 12.6. The molecule has 0 saturated carbocycles. The van der Waals surface area contributed by atoms with Crippen molar-refractivity contribution in [2.45, 2.75) is 6.92 Å². The first kappa shape index (κ1) is 17.3. The van der Waals surface area contributed by atoms with Crippen LogP contribution in [0.1, 0.15) is 10.4 Å². The number of benzene rings is 1. The molecule has 3 heterocycles. The zero-order valence-electron chi connectivity index (χ0n) is 14.3. The normalized spacial score (nSPS) is 19.4. The number of amides is 1. The van der Waals surface area contributed by atoms with Crippen LogP contribution in [0.25, 0.3) is 6.08 Å². The SMILES string of the molecule is Cc1ccsc1/C=C1\SC(N2CCN(c3ccc(F)cc3)CC2)=NC1=O. The summed E-state index contributed by atoms with van der Waals surface area (Å²) in [7, 11) is 0. The number of carbonyl (C=O) groups excluding carboxylic acids is 1. The second kappa shape index (κ2) is 7.25. The number of carbonyl (C=O) groups is 1. The Kier molecular flexibility index (Phi) is 4.82. The summed E-state index contributed by atoms with van der Waals surface area (Å²) in [5.41, 5.74) is 2.20. The van der Waals surface area contributed by atoms with Gasteiger partial charge in [0, 0.05) is 36.7 Å². The quantitative estimate of drug-likeness (QED) is 0.730. The van der Waals surface area contributed by atoms with Crippen molar-refractivity contribution in [2.75, 3.05) is 31.1 Å². The minimum absolute atomic E-state index is 0.154. The fourth-order valence-corrected chi connectivity index (χ4v) is 4.87. The average Bonchev–Trinajstić information content (AvgIpc) is 3.22. The molecule has 0 N–H and O–H groups in total. The Morgan fingerprint density at radius 3 is 2.42 bits per heavy atom. The van der Waals surface area contributed by atoms with E-state index in [1.54, 1.807) is 23.5 Å². The fraction of sp³-hybridized carbons (Fsp3) is 0.263. The van der Waals surface area contributed by atoms with Crippen LogP contribution in [0.4, 0.5) is 10.1 Å². The molecule has 2 aromatic rings. The third kappa shape index (κ3) is 3.54. The summed E-state index contributed by atoms with van der Waals surface area (Å²) in [5, 5.41) is 2.82. The molecule has 1 aromatic heterocycles. The number of aryl methyl sites for hydroxylation is 1. The van der Waals surface area contributed by atoms with E-state index in [1.807, 2.05) is 18.4 Å². The molecule has 1 amide bonds. The van der Waals surface area contributed by atoms with Crippen LogP contribution in [0.5, 0.6) is 0 Å². The van der Waals surface area contributed by atoms with Gasteiger partial charge in [-0.1, -0.05) is 0 Å². The van der Waals surface area contributed by atoms with Gasteiger partial charge in [0.05, 0.1) is 4.91 Å². The van der Waals surface area contributed by atoms with Gasteiger partial charge < -0.3 is 9.80 Å². The maximum absolute atomic E-state index is 13.1. The molecule has 7 heteroatoms. The standard InChI is InChI=1S/C19H18FN3OS2/c1-13-6-11-25-16(13)12-17-18(24)21-19(26-17)23-9-7-22(8-10-23)15-4-2-14(20)3-5-15/h2-6,11-12H,7-10H2,1H3/b17-12-. The second-order valence-electron chi connectivity index (χ2n) is 6.23. The molecular weight excluding hydrogens is 369 g/mol. The van der Waals surface area contributed by atoms with Gasteiger partial charge in [-0.15, -0.1) is 11.3 Å². The zero-order valence-corrected chi connectivity index (χ0v) is 15.9. The van der Waals surface area contributed by atoms with Crippen molar-refractivity contribution in [1.29, 1.82) is 0 Å². The van der Waals surface area contributed by atoms with Crippen LogP contribution in [0, 0.1) is 12.7 Å². The first-order valence-corrected chi connectivity index (χ1v) is 10.1. The van der Waals surface area contributed by atoms with E-state index < -0.39 is 0 Å². The first-order valence-electron chi connectivity index (χ1n) is 8.42. The predicted molar refractivity (Wildman–Crippen MR) is 107 cm³/mol. The van der Waals surface area contributed by atoms with E-state index in [2.05, 4.69) is 20.9 Å². The van der Waals surface area contributed by atoms with Crippen LogP contribution in [-0.4, -0.2) is 42.2 Å². The average molecular weight is 388 g/mol. The Labute approximate surface area is 160 Å². The number of aliphatic imine (C=N–C) groups is 1. The number of thiophene rings is 1. The van der Waals surface area contributed by atoms with Crippen LogP contribution in [0.2, 0.25) is 0 Å². The summed E-state index contributed by atoms with van der Waals surface area (Å²) in [6.45, 7) is 5.28. The van der Waals surface area contributed by atoms with E-state index >= 15 is 0 Å². The monoisotopic (exact) mass is 387 g/mol. The van der Waals surface area contributed by atoms with Crippen molar-refractivity contribution in [3.8, 4) is 0 Å². The Bertz CT molecular complexity index is 880. The lowest BCUT2D eigenvalue weighted by Gasteiger charge is -2.36.